The largest absolute Gasteiger partial charge is 1.00 e. The molecule has 6 aliphatic rings. The number of hydrogen-bond acceptors (Lipinski definition) is 4. The van der Waals surface area contributed by atoms with Gasteiger partial charge in [-0.05, 0) is 183 Å². The average molecular weight is 1330 g/mol. The van der Waals surface area contributed by atoms with E-state index in [4.69, 9.17) is 23.2 Å². The van der Waals surface area contributed by atoms with Gasteiger partial charge >= 0.3 is 0 Å². The lowest BCUT2D eigenvalue weighted by Crippen LogP contribution is -3.00. The van der Waals surface area contributed by atoms with E-state index in [1.165, 1.54) is 90.1 Å². The van der Waals surface area contributed by atoms with Crippen LogP contribution in [0.5, 0.6) is 0 Å². The third kappa shape index (κ3) is 15.7. The molecule has 4 aromatic rings. The number of nitrogens with one attached hydrogen (secondary N) is 2. The van der Waals surface area contributed by atoms with Gasteiger partial charge in [0, 0.05) is 118 Å². The third-order valence-electron chi connectivity index (χ3n) is 20.6. The van der Waals surface area contributed by atoms with Gasteiger partial charge in [-0.1, -0.05) is 161 Å². The SMILES string of the molecule is CC[N+]1=C(/C=C/C2=C(Cl)C(=C/C=C3/N(CCCCCC(=O)NCCCCCNC(=O)CCCCCN4/C(=C/C=C5\CCCC(/C=C/C6=[N+](CC)c7ccccc7C6(C)C)=C5Cl)C(C)(C)c5ccccc54)c4ccccc4C3(C)C)/CCC2)C(C)(C)c2ccccc21.[Cl-].[Cl-]. The van der Waals surface area contributed by atoms with Crippen LogP contribution in [0, 0.1) is 0 Å². The number of rotatable bonds is 26. The van der Waals surface area contributed by atoms with Crippen LogP contribution in [0.4, 0.5) is 22.7 Å². The van der Waals surface area contributed by atoms with Crippen molar-refractivity contribution < 1.29 is 43.6 Å². The summed E-state index contributed by atoms with van der Waals surface area (Å²) in [4.78, 5) is 30.9. The van der Waals surface area contributed by atoms with E-state index in [0.29, 0.717) is 25.9 Å². The molecule has 2 aliphatic carbocycles. The summed E-state index contributed by atoms with van der Waals surface area (Å²) < 4.78 is 4.89. The van der Waals surface area contributed by atoms with E-state index in [1.54, 1.807) is 0 Å². The molecule has 4 aliphatic heterocycles. The number of carbonyl (C=O) groups excluding carboxylic acids is 2. The molecule has 10 rings (SSSR count). The number of halogens is 4. The number of unbranched alkanes of at least 4 members (excludes halogenated alkanes) is 6. The van der Waals surface area contributed by atoms with Gasteiger partial charge in [0.15, 0.2) is 11.4 Å². The Bertz CT molecular complexity index is 3470. The number of benzene rings is 4. The van der Waals surface area contributed by atoms with E-state index in [-0.39, 0.29) is 58.3 Å². The fourth-order valence-electron chi connectivity index (χ4n) is 15.4. The minimum atomic E-state index is -0.160. The van der Waals surface area contributed by atoms with Gasteiger partial charge in [-0.3, -0.25) is 9.59 Å². The van der Waals surface area contributed by atoms with E-state index >= 15 is 0 Å². The fraction of sp³-hybridized carbons (Fsp3) is 0.457. The van der Waals surface area contributed by atoms with E-state index in [2.05, 4.69) is 244 Å². The van der Waals surface area contributed by atoms with E-state index in [1.807, 2.05) is 0 Å². The molecular weight excluding hydrogens is 1230 g/mol. The van der Waals surface area contributed by atoms with Crippen LogP contribution in [-0.2, 0) is 31.2 Å². The third-order valence-corrected chi connectivity index (χ3v) is 21.6. The van der Waals surface area contributed by atoms with Crippen LogP contribution in [0.2, 0.25) is 0 Å². The molecule has 4 heterocycles. The van der Waals surface area contributed by atoms with Crippen molar-refractivity contribution in [1.82, 2.24) is 10.6 Å². The van der Waals surface area contributed by atoms with Gasteiger partial charge in [-0.15, -0.1) is 0 Å². The standard InChI is InChI=1S/C81H100Cl2N6O2.2ClH/c1-11-86-66-40-22-18-36-62(66)78(3,4)70(86)50-46-58-32-30-34-60(76(58)82)48-52-72-80(7,8)64-38-20-24-42-68(64)88(72)56-28-13-16-44-74(90)84-54-26-15-27-55-85-75(91)45-17-14-29-57-89-69-43-25-21-39-65(69)81(9,10)73(89)53-49-61-35-31-33-59(77(61)83)47-51-71-79(5,6)63-37-19-23-41-67(63)87(71)12-2;;/h18-25,36-43,46-53H,11-17,26-35,44-45,54-57H2,1-10H3;2*1H. The maximum Gasteiger partial charge on any atom is 0.219 e. The first kappa shape index (κ1) is 72.7. The van der Waals surface area contributed by atoms with Crippen molar-refractivity contribution in [3.63, 3.8) is 0 Å². The van der Waals surface area contributed by atoms with E-state index in [9.17, 15) is 9.59 Å². The molecule has 12 heteroatoms. The molecule has 0 atom stereocenters. The lowest BCUT2D eigenvalue weighted by atomic mass is 9.81. The number of amides is 2. The minimum absolute atomic E-state index is 0. The monoisotopic (exact) mass is 1330 g/mol. The number of nitrogens with zero attached hydrogens (tertiary/aromatic N) is 4. The Morgan fingerprint density at radius 2 is 0.817 bits per heavy atom. The van der Waals surface area contributed by atoms with Gasteiger partial charge in [0.05, 0.1) is 10.8 Å². The summed E-state index contributed by atoms with van der Waals surface area (Å²) in [7, 11) is 0. The molecule has 8 nitrogen and oxygen atoms in total. The molecule has 0 bridgehead atoms. The Kier molecular flexibility index (Phi) is 25.0. The molecule has 496 valence electrons. The quantitative estimate of drug-likeness (QED) is 0.0485. The second-order valence-corrected chi connectivity index (χ2v) is 28.8. The van der Waals surface area contributed by atoms with Crippen LogP contribution in [-0.4, -0.2) is 71.7 Å². The molecule has 0 spiro atoms. The molecule has 2 N–H and O–H groups in total. The highest BCUT2D eigenvalue weighted by molar-refractivity contribution is 6.33. The highest BCUT2D eigenvalue weighted by Crippen LogP contribution is 2.50. The summed E-state index contributed by atoms with van der Waals surface area (Å²) in [5, 5.41) is 8.08. The first-order chi connectivity index (χ1) is 43.8. The number of anilines is 2. The number of hydrogen-bond donors (Lipinski definition) is 2. The molecular formula is C81H102Cl4N6O2. The highest BCUT2D eigenvalue weighted by Gasteiger charge is 2.46. The van der Waals surface area contributed by atoms with Gasteiger partial charge in [0.25, 0.3) is 0 Å². The lowest BCUT2D eigenvalue weighted by molar-refractivity contribution is -0.433. The van der Waals surface area contributed by atoms with Crippen LogP contribution in [0.3, 0.4) is 0 Å². The fourth-order valence-corrected chi connectivity index (χ4v) is 16.0. The lowest BCUT2D eigenvalue weighted by Gasteiger charge is -2.27. The summed E-state index contributed by atoms with van der Waals surface area (Å²) in [6.07, 6.45) is 33.9. The zero-order chi connectivity index (χ0) is 64.5. The number of fused-ring (bicyclic) bond motifs is 4. The maximum absolute atomic E-state index is 12.9. The Balaban J connectivity index is 0.00000556. The van der Waals surface area contributed by atoms with Crippen molar-refractivity contribution in [2.45, 2.75) is 200 Å². The van der Waals surface area contributed by atoms with Crippen molar-refractivity contribution in [3.05, 3.63) is 212 Å². The van der Waals surface area contributed by atoms with Gasteiger partial charge in [-0.25, -0.2) is 0 Å². The molecule has 0 aromatic heterocycles. The van der Waals surface area contributed by atoms with Crippen molar-refractivity contribution in [1.29, 1.82) is 0 Å². The molecule has 0 unspecified atom stereocenters. The Morgan fingerprint density at radius 3 is 1.22 bits per heavy atom. The summed E-state index contributed by atoms with van der Waals surface area (Å²) >= 11 is 14.6. The van der Waals surface area contributed by atoms with Crippen molar-refractivity contribution in [2.75, 3.05) is 49.1 Å². The van der Waals surface area contributed by atoms with Gasteiger partial charge in [0.2, 0.25) is 23.2 Å². The van der Waals surface area contributed by atoms with Crippen LogP contribution >= 0.6 is 23.2 Å². The van der Waals surface area contributed by atoms with Gasteiger partial charge in [0.1, 0.15) is 13.1 Å². The number of para-hydroxylation sites is 4. The molecule has 4 aromatic carbocycles. The second-order valence-electron chi connectivity index (χ2n) is 28.1. The predicted octanol–water partition coefficient (Wildman–Crippen LogP) is 13.4. The summed E-state index contributed by atoms with van der Waals surface area (Å²) in [6.45, 7) is 28.1. The molecule has 2 amide bonds. The Morgan fingerprint density at radius 1 is 0.452 bits per heavy atom. The zero-order valence-electron chi connectivity index (χ0n) is 57.2. The van der Waals surface area contributed by atoms with Crippen LogP contribution in [0.25, 0.3) is 0 Å². The Hall–Kier alpha value is -6.16. The minimum Gasteiger partial charge on any atom is -1.00 e. The second kappa shape index (κ2) is 32.1. The molecule has 0 saturated heterocycles. The smallest absolute Gasteiger partial charge is 0.219 e. The van der Waals surface area contributed by atoms with Gasteiger partial charge < -0.3 is 45.2 Å². The number of carbonyl (C=O) groups is 2. The Labute approximate surface area is 580 Å². The molecule has 0 fully saturated rings. The van der Waals surface area contributed by atoms with Crippen LogP contribution in [0.15, 0.2) is 189 Å². The van der Waals surface area contributed by atoms with E-state index < -0.39 is 0 Å². The van der Waals surface area contributed by atoms with Gasteiger partial charge in [-0.2, -0.15) is 9.15 Å². The van der Waals surface area contributed by atoms with Crippen molar-refractivity contribution in [3.8, 4) is 0 Å². The molecule has 93 heavy (non-hydrogen) atoms. The van der Waals surface area contributed by atoms with Crippen LogP contribution < -0.4 is 45.2 Å². The average Bonchev–Trinajstić information content (AvgIpc) is 1.63. The highest BCUT2D eigenvalue weighted by atomic mass is 35.5. The molecule has 0 saturated carbocycles. The first-order valence-corrected chi connectivity index (χ1v) is 35.3. The summed E-state index contributed by atoms with van der Waals surface area (Å²) in [6, 6.07) is 35.2. The molecule has 0 radical (unpaired) electrons. The first-order valence-electron chi connectivity index (χ1n) is 34.5. The summed E-state index contributed by atoms with van der Waals surface area (Å²) in [5.74, 6) is 0.247. The maximum atomic E-state index is 12.9. The summed E-state index contributed by atoms with van der Waals surface area (Å²) in [5.41, 5.74) is 20.1. The predicted molar refractivity (Wildman–Crippen MR) is 384 cm³/mol. The van der Waals surface area contributed by atoms with Crippen LogP contribution in [0.1, 0.15) is 201 Å². The zero-order valence-corrected chi connectivity index (χ0v) is 60.3. The van der Waals surface area contributed by atoms with Crippen molar-refractivity contribution >= 4 is 69.2 Å². The number of allylic oxidation sites excluding steroid dienone is 16. The normalized spacial score (nSPS) is 20.1. The van der Waals surface area contributed by atoms with E-state index in [0.717, 1.165) is 133 Å². The topological polar surface area (TPSA) is 70.7 Å². The van der Waals surface area contributed by atoms with Crippen molar-refractivity contribution in [2.24, 2.45) is 0 Å².